The topological polar surface area (TPSA) is 110 Å². The Morgan fingerprint density at radius 3 is 2.65 bits per heavy atom. The zero-order chi connectivity index (χ0) is 32.5. The lowest BCUT2D eigenvalue weighted by molar-refractivity contribution is -0.121. The molecule has 4 aromatic rings. The number of fused-ring (bicyclic) bond motifs is 2. The Labute approximate surface area is 272 Å². The molecule has 46 heavy (non-hydrogen) atoms. The van der Waals surface area contributed by atoms with Crippen LogP contribution in [0.5, 0.6) is 17.2 Å². The summed E-state index contributed by atoms with van der Waals surface area (Å²) < 4.78 is 18.1. The molecule has 0 radical (unpaired) electrons. The van der Waals surface area contributed by atoms with Crippen LogP contribution in [0.4, 0.5) is 0 Å². The van der Waals surface area contributed by atoms with E-state index in [2.05, 4.69) is 56.6 Å². The molecule has 5 rings (SSSR count). The minimum atomic E-state index is -0.0720. The Morgan fingerprint density at radius 1 is 1.04 bits per heavy atom. The van der Waals surface area contributed by atoms with Crippen LogP contribution in [0.1, 0.15) is 54.1 Å². The Kier molecular flexibility index (Phi) is 11.5. The second-order valence-corrected chi connectivity index (χ2v) is 12.3. The third kappa shape index (κ3) is 8.38. The number of carbonyl (C=O) groups excluding carboxylic acids is 1. The van der Waals surface area contributed by atoms with Crippen LogP contribution in [0.3, 0.4) is 0 Å². The highest BCUT2D eigenvalue weighted by Crippen LogP contribution is 2.39. The molecule has 1 amide bonds. The van der Waals surface area contributed by atoms with Crippen molar-refractivity contribution in [2.45, 2.75) is 57.5 Å². The van der Waals surface area contributed by atoms with Gasteiger partial charge in [-0.1, -0.05) is 5.21 Å². The summed E-state index contributed by atoms with van der Waals surface area (Å²) in [5.41, 5.74) is 5.87. The van der Waals surface area contributed by atoms with Gasteiger partial charge in [0, 0.05) is 42.4 Å². The standard InChI is InChI=1S/C35H49N7O4/c1-40(17-8-10-32-30-21-34(46-5)33(45-4)19-25(30)14-18-41(32)2)16-7-6-9-27-23-42(39-38-27)24-35(43)36-15-13-26-22-37-31-12-11-28(44-3)20-29(26)31/h11-12,19-23,32,37H,6-10,13-18,24H2,1-5H3,(H,36,43). The first-order valence-corrected chi connectivity index (χ1v) is 16.3. The summed E-state index contributed by atoms with van der Waals surface area (Å²) in [6, 6.07) is 10.7. The van der Waals surface area contributed by atoms with E-state index in [1.165, 1.54) is 11.1 Å². The molecule has 2 aromatic carbocycles. The maximum absolute atomic E-state index is 12.5. The predicted molar refractivity (Wildman–Crippen MR) is 180 cm³/mol. The first kappa shape index (κ1) is 33.3. The van der Waals surface area contributed by atoms with E-state index >= 15 is 0 Å². The van der Waals surface area contributed by atoms with Gasteiger partial charge in [-0.05, 0) is 119 Å². The number of aromatic amines is 1. The summed E-state index contributed by atoms with van der Waals surface area (Å²) in [4.78, 5) is 20.7. The van der Waals surface area contributed by atoms with Gasteiger partial charge in [-0.25, -0.2) is 4.68 Å². The molecule has 248 valence electrons. The Bertz CT molecular complexity index is 1580. The minimum absolute atomic E-state index is 0.0720. The third-order valence-electron chi connectivity index (χ3n) is 9.09. The SMILES string of the molecule is COc1ccc2[nH]cc(CCNC(=O)Cn3cc(CCCCN(C)CCCC4c5cc(OC)c(OC)cc5CCN4C)nn3)c2c1. The van der Waals surface area contributed by atoms with Crippen LogP contribution in [0, 0.1) is 0 Å². The molecule has 0 aliphatic carbocycles. The molecule has 2 aromatic heterocycles. The number of likely N-dealkylation sites (N-methyl/N-ethyl adjacent to an activating group) is 1. The molecule has 2 N–H and O–H groups in total. The minimum Gasteiger partial charge on any atom is -0.497 e. The maximum atomic E-state index is 12.5. The molecule has 0 bridgehead atoms. The monoisotopic (exact) mass is 631 g/mol. The summed E-state index contributed by atoms with van der Waals surface area (Å²) in [7, 11) is 9.50. The average molecular weight is 632 g/mol. The van der Waals surface area contributed by atoms with E-state index in [-0.39, 0.29) is 12.5 Å². The highest BCUT2D eigenvalue weighted by atomic mass is 16.5. The van der Waals surface area contributed by atoms with Gasteiger partial charge >= 0.3 is 0 Å². The first-order chi connectivity index (χ1) is 22.4. The fourth-order valence-electron chi connectivity index (χ4n) is 6.44. The Balaban J connectivity index is 0.976. The number of rotatable bonds is 17. The van der Waals surface area contributed by atoms with Crippen LogP contribution in [-0.2, 0) is 30.6 Å². The highest BCUT2D eigenvalue weighted by molar-refractivity contribution is 5.84. The highest BCUT2D eigenvalue weighted by Gasteiger charge is 2.26. The summed E-state index contributed by atoms with van der Waals surface area (Å²) in [6.07, 6.45) is 10.9. The lowest BCUT2D eigenvalue weighted by atomic mass is 9.89. The molecular formula is C35H49N7O4. The summed E-state index contributed by atoms with van der Waals surface area (Å²) in [5, 5.41) is 12.6. The quantitative estimate of drug-likeness (QED) is 0.165. The van der Waals surface area contributed by atoms with E-state index < -0.39 is 0 Å². The number of hydrogen-bond donors (Lipinski definition) is 2. The normalized spacial score (nSPS) is 14.9. The van der Waals surface area contributed by atoms with Crippen LogP contribution in [0.15, 0.2) is 42.7 Å². The van der Waals surface area contributed by atoms with Gasteiger partial charge in [0.25, 0.3) is 0 Å². The summed E-state index contributed by atoms with van der Waals surface area (Å²) in [5.74, 6) is 2.37. The smallest absolute Gasteiger partial charge is 0.241 e. The van der Waals surface area contributed by atoms with Crippen LogP contribution in [0.25, 0.3) is 10.9 Å². The fraction of sp³-hybridized carbons (Fsp3) is 0.514. The average Bonchev–Trinajstić information content (AvgIpc) is 3.69. The lowest BCUT2D eigenvalue weighted by Gasteiger charge is -2.35. The van der Waals surface area contributed by atoms with Crippen molar-refractivity contribution in [1.29, 1.82) is 0 Å². The Hall–Kier alpha value is -4.09. The zero-order valence-corrected chi connectivity index (χ0v) is 28.0. The number of amides is 1. The number of H-pyrrole nitrogens is 1. The van der Waals surface area contributed by atoms with Crippen molar-refractivity contribution in [1.82, 2.24) is 35.1 Å². The molecule has 1 atom stereocenters. The van der Waals surface area contributed by atoms with Gasteiger partial charge in [0.05, 0.1) is 27.0 Å². The van der Waals surface area contributed by atoms with E-state index in [4.69, 9.17) is 14.2 Å². The van der Waals surface area contributed by atoms with Crippen LogP contribution < -0.4 is 19.5 Å². The van der Waals surface area contributed by atoms with E-state index in [0.29, 0.717) is 12.6 Å². The van der Waals surface area contributed by atoms with Gasteiger partial charge in [-0.15, -0.1) is 5.10 Å². The van der Waals surface area contributed by atoms with E-state index in [9.17, 15) is 4.79 Å². The number of hydrogen-bond acceptors (Lipinski definition) is 8. The van der Waals surface area contributed by atoms with E-state index in [0.717, 1.165) is 104 Å². The van der Waals surface area contributed by atoms with Gasteiger partial charge in [-0.3, -0.25) is 9.69 Å². The zero-order valence-electron chi connectivity index (χ0n) is 28.0. The summed E-state index contributed by atoms with van der Waals surface area (Å²) in [6.45, 7) is 3.88. The van der Waals surface area contributed by atoms with Crippen LogP contribution in [-0.4, -0.2) is 97.3 Å². The van der Waals surface area contributed by atoms with Gasteiger partial charge in [0.15, 0.2) is 11.5 Å². The number of aryl methyl sites for hydroxylation is 1. The molecule has 0 saturated carbocycles. The Morgan fingerprint density at radius 2 is 1.85 bits per heavy atom. The number of aromatic nitrogens is 4. The van der Waals surface area contributed by atoms with Gasteiger partial charge in [0.2, 0.25) is 5.91 Å². The molecule has 1 aliphatic rings. The molecule has 0 fully saturated rings. The molecule has 11 heteroatoms. The number of carbonyl (C=O) groups is 1. The molecular weight excluding hydrogens is 582 g/mol. The number of benzene rings is 2. The number of nitrogens with zero attached hydrogens (tertiary/aromatic N) is 5. The fourth-order valence-corrected chi connectivity index (χ4v) is 6.44. The molecule has 1 aliphatic heterocycles. The van der Waals surface area contributed by atoms with E-state index in [1.807, 2.05) is 30.6 Å². The van der Waals surface area contributed by atoms with Crippen molar-refractivity contribution in [3.8, 4) is 17.2 Å². The predicted octanol–water partition coefficient (Wildman–Crippen LogP) is 4.41. The number of unbranched alkanes of at least 4 members (excludes halogenated alkanes) is 1. The van der Waals surface area contributed by atoms with Gasteiger partial charge in [-0.2, -0.15) is 0 Å². The first-order valence-electron chi connectivity index (χ1n) is 16.3. The van der Waals surface area contributed by atoms with Crippen molar-refractivity contribution in [2.24, 2.45) is 0 Å². The number of methoxy groups -OCH3 is 3. The van der Waals surface area contributed by atoms with Crippen LogP contribution in [0.2, 0.25) is 0 Å². The molecule has 0 spiro atoms. The van der Waals surface area contributed by atoms with E-state index in [1.54, 1.807) is 26.0 Å². The van der Waals surface area contributed by atoms with Gasteiger partial charge < -0.3 is 29.4 Å². The molecule has 1 unspecified atom stereocenters. The van der Waals surface area contributed by atoms with Crippen molar-refractivity contribution in [2.75, 3.05) is 61.6 Å². The number of ether oxygens (including phenoxy) is 3. The van der Waals surface area contributed by atoms with Crippen molar-refractivity contribution >= 4 is 16.8 Å². The van der Waals surface area contributed by atoms with Crippen molar-refractivity contribution in [3.05, 3.63) is 65.1 Å². The molecule has 11 nitrogen and oxygen atoms in total. The van der Waals surface area contributed by atoms with Crippen molar-refractivity contribution in [3.63, 3.8) is 0 Å². The molecule has 0 saturated heterocycles. The second-order valence-electron chi connectivity index (χ2n) is 12.3. The lowest BCUT2D eigenvalue weighted by Crippen LogP contribution is -2.33. The van der Waals surface area contributed by atoms with Crippen molar-refractivity contribution < 1.29 is 19.0 Å². The van der Waals surface area contributed by atoms with Gasteiger partial charge in [0.1, 0.15) is 12.3 Å². The largest absolute Gasteiger partial charge is 0.497 e. The van der Waals surface area contributed by atoms with Crippen LogP contribution >= 0.6 is 0 Å². The second kappa shape index (κ2) is 16.0. The number of nitrogens with one attached hydrogen (secondary N) is 2. The maximum Gasteiger partial charge on any atom is 0.241 e. The molecule has 3 heterocycles. The summed E-state index contributed by atoms with van der Waals surface area (Å²) >= 11 is 0. The third-order valence-corrected chi connectivity index (χ3v) is 9.09.